The fourth-order valence-electron chi connectivity index (χ4n) is 2.74. The van der Waals surface area contributed by atoms with E-state index in [1.54, 1.807) is 17.0 Å². The predicted molar refractivity (Wildman–Crippen MR) is 102 cm³/mol. The highest BCUT2D eigenvalue weighted by Gasteiger charge is 2.12. The number of hydrogen-bond acceptors (Lipinski definition) is 2. The molecule has 26 heavy (non-hydrogen) atoms. The Morgan fingerprint density at radius 3 is 2.35 bits per heavy atom. The Kier molecular flexibility index (Phi) is 6.89. The molecule has 0 heterocycles. The van der Waals surface area contributed by atoms with Crippen molar-refractivity contribution in [3.05, 3.63) is 65.0 Å². The van der Waals surface area contributed by atoms with E-state index in [-0.39, 0.29) is 24.1 Å². The van der Waals surface area contributed by atoms with Gasteiger partial charge < -0.3 is 10.2 Å². The normalized spacial score (nSPS) is 10.5. The number of carbonyl (C=O) groups is 2. The van der Waals surface area contributed by atoms with Gasteiger partial charge in [-0.05, 0) is 49.6 Å². The van der Waals surface area contributed by atoms with Crippen molar-refractivity contribution in [1.29, 1.82) is 0 Å². The first-order valence-electron chi connectivity index (χ1n) is 8.72. The standard InChI is InChI=1S/C21H25FN2O2/c1-15-4-9-20(16(2)14-15)23-21(26)11-13-24(17(3)25)12-10-18-5-7-19(22)8-6-18/h4-9,14H,10-13H2,1-3H3,(H,23,26). The highest BCUT2D eigenvalue weighted by atomic mass is 19.1. The SMILES string of the molecule is CC(=O)N(CCC(=O)Nc1ccc(C)cc1C)CCc1ccc(F)cc1. The van der Waals surface area contributed by atoms with Gasteiger partial charge in [-0.15, -0.1) is 0 Å². The summed E-state index contributed by atoms with van der Waals surface area (Å²) in [7, 11) is 0. The minimum Gasteiger partial charge on any atom is -0.342 e. The topological polar surface area (TPSA) is 49.4 Å². The van der Waals surface area contributed by atoms with Crippen molar-refractivity contribution >= 4 is 17.5 Å². The van der Waals surface area contributed by atoms with Crippen LogP contribution >= 0.6 is 0 Å². The zero-order chi connectivity index (χ0) is 19.1. The summed E-state index contributed by atoms with van der Waals surface area (Å²) < 4.78 is 12.9. The molecule has 0 bridgehead atoms. The van der Waals surface area contributed by atoms with Crippen LogP contribution in [0.5, 0.6) is 0 Å². The molecule has 0 aliphatic carbocycles. The molecule has 2 aromatic carbocycles. The highest BCUT2D eigenvalue weighted by molar-refractivity contribution is 5.91. The molecule has 5 heteroatoms. The van der Waals surface area contributed by atoms with Gasteiger partial charge in [0.05, 0.1) is 0 Å². The molecular weight excluding hydrogens is 331 g/mol. The summed E-state index contributed by atoms with van der Waals surface area (Å²) in [5.41, 5.74) is 3.90. The fourth-order valence-corrected chi connectivity index (χ4v) is 2.74. The number of hydrogen-bond donors (Lipinski definition) is 1. The van der Waals surface area contributed by atoms with Gasteiger partial charge in [-0.2, -0.15) is 0 Å². The van der Waals surface area contributed by atoms with Crippen molar-refractivity contribution in [2.24, 2.45) is 0 Å². The van der Waals surface area contributed by atoms with Gasteiger partial charge in [-0.25, -0.2) is 4.39 Å². The van der Waals surface area contributed by atoms with Crippen LogP contribution in [-0.4, -0.2) is 29.8 Å². The molecule has 2 rings (SSSR count). The van der Waals surface area contributed by atoms with Gasteiger partial charge in [0.1, 0.15) is 5.82 Å². The van der Waals surface area contributed by atoms with Crippen molar-refractivity contribution in [1.82, 2.24) is 4.90 Å². The largest absolute Gasteiger partial charge is 0.342 e. The predicted octanol–water partition coefficient (Wildman–Crippen LogP) is 3.86. The van der Waals surface area contributed by atoms with E-state index in [1.807, 2.05) is 32.0 Å². The van der Waals surface area contributed by atoms with Gasteiger partial charge in [0.25, 0.3) is 0 Å². The van der Waals surface area contributed by atoms with Gasteiger partial charge in [0, 0.05) is 32.1 Å². The van der Waals surface area contributed by atoms with Gasteiger partial charge in [0.15, 0.2) is 0 Å². The van der Waals surface area contributed by atoms with Gasteiger partial charge in [-0.3, -0.25) is 9.59 Å². The van der Waals surface area contributed by atoms with Crippen molar-refractivity contribution in [2.45, 2.75) is 33.6 Å². The van der Waals surface area contributed by atoms with E-state index in [0.717, 1.165) is 22.4 Å². The molecule has 0 saturated heterocycles. The zero-order valence-electron chi connectivity index (χ0n) is 15.5. The number of carbonyl (C=O) groups excluding carboxylic acids is 2. The van der Waals surface area contributed by atoms with E-state index in [0.29, 0.717) is 19.5 Å². The van der Waals surface area contributed by atoms with Crippen molar-refractivity contribution < 1.29 is 14.0 Å². The number of benzene rings is 2. The summed E-state index contributed by atoms with van der Waals surface area (Å²) >= 11 is 0. The second-order valence-corrected chi connectivity index (χ2v) is 6.50. The number of aryl methyl sites for hydroxylation is 2. The van der Waals surface area contributed by atoms with Crippen molar-refractivity contribution in [2.75, 3.05) is 18.4 Å². The van der Waals surface area contributed by atoms with Crippen LogP contribution in [0.2, 0.25) is 0 Å². The van der Waals surface area contributed by atoms with E-state index in [9.17, 15) is 14.0 Å². The lowest BCUT2D eigenvalue weighted by Gasteiger charge is -2.21. The summed E-state index contributed by atoms with van der Waals surface area (Å²) in [6.07, 6.45) is 0.856. The van der Waals surface area contributed by atoms with Gasteiger partial charge >= 0.3 is 0 Å². The van der Waals surface area contributed by atoms with Crippen LogP contribution in [-0.2, 0) is 16.0 Å². The molecule has 4 nitrogen and oxygen atoms in total. The molecule has 0 aromatic heterocycles. The minimum absolute atomic E-state index is 0.0774. The Hall–Kier alpha value is -2.69. The number of amides is 2. The quantitative estimate of drug-likeness (QED) is 0.819. The first-order chi connectivity index (χ1) is 12.3. The summed E-state index contributed by atoms with van der Waals surface area (Å²) in [6, 6.07) is 12.1. The number of nitrogens with zero attached hydrogens (tertiary/aromatic N) is 1. The zero-order valence-corrected chi connectivity index (χ0v) is 15.5. The Balaban J connectivity index is 1.86. The monoisotopic (exact) mass is 356 g/mol. The van der Waals surface area contributed by atoms with Crippen molar-refractivity contribution in [3.63, 3.8) is 0 Å². The summed E-state index contributed by atoms with van der Waals surface area (Å²) in [5, 5.41) is 2.89. The van der Waals surface area contributed by atoms with Crippen molar-refractivity contribution in [3.8, 4) is 0 Å². The van der Waals surface area contributed by atoms with E-state index < -0.39 is 0 Å². The molecule has 0 saturated carbocycles. The number of anilines is 1. The average Bonchev–Trinajstić information content (AvgIpc) is 2.58. The third kappa shape index (κ3) is 5.99. The average molecular weight is 356 g/mol. The first-order valence-corrected chi connectivity index (χ1v) is 8.72. The fraction of sp³-hybridized carbons (Fsp3) is 0.333. The van der Waals surface area contributed by atoms with E-state index in [1.165, 1.54) is 19.1 Å². The third-order valence-corrected chi connectivity index (χ3v) is 4.29. The smallest absolute Gasteiger partial charge is 0.226 e. The third-order valence-electron chi connectivity index (χ3n) is 4.29. The minimum atomic E-state index is -0.278. The van der Waals surface area contributed by atoms with Gasteiger partial charge in [0.2, 0.25) is 11.8 Å². The molecule has 0 radical (unpaired) electrons. The number of rotatable bonds is 7. The van der Waals surface area contributed by atoms with Gasteiger partial charge in [-0.1, -0.05) is 29.8 Å². The Bertz CT molecular complexity index is 772. The first kappa shape index (κ1) is 19.6. The molecular formula is C21H25FN2O2. The molecule has 138 valence electrons. The molecule has 2 aromatic rings. The molecule has 0 spiro atoms. The summed E-state index contributed by atoms with van der Waals surface area (Å²) in [6.45, 7) is 6.30. The molecule has 2 amide bonds. The number of halogens is 1. The Labute approximate surface area is 154 Å². The lowest BCUT2D eigenvalue weighted by atomic mass is 10.1. The van der Waals surface area contributed by atoms with Crippen LogP contribution in [0, 0.1) is 19.7 Å². The molecule has 0 unspecified atom stereocenters. The van der Waals surface area contributed by atoms with E-state index in [2.05, 4.69) is 5.32 Å². The summed E-state index contributed by atoms with van der Waals surface area (Å²) in [5.74, 6) is -0.475. The lowest BCUT2D eigenvalue weighted by molar-refractivity contribution is -0.129. The van der Waals surface area contributed by atoms with E-state index in [4.69, 9.17) is 0 Å². The maximum absolute atomic E-state index is 12.9. The lowest BCUT2D eigenvalue weighted by Crippen LogP contribution is -2.33. The second-order valence-electron chi connectivity index (χ2n) is 6.50. The molecule has 0 fully saturated rings. The maximum Gasteiger partial charge on any atom is 0.226 e. The van der Waals surface area contributed by atoms with Crippen LogP contribution in [0.25, 0.3) is 0 Å². The van der Waals surface area contributed by atoms with E-state index >= 15 is 0 Å². The maximum atomic E-state index is 12.9. The Morgan fingerprint density at radius 1 is 1.04 bits per heavy atom. The van der Waals surface area contributed by atoms with Crippen LogP contribution in [0.15, 0.2) is 42.5 Å². The number of nitrogens with one attached hydrogen (secondary N) is 1. The van der Waals surface area contributed by atoms with Crippen LogP contribution < -0.4 is 5.32 Å². The van der Waals surface area contributed by atoms with Crippen LogP contribution in [0.4, 0.5) is 10.1 Å². The van der Waals surface area contributed by atoms with Crippen LogP contribution in [0.3, 0.4) is 0 Å². The molecule has 0 atom stereocenters. The molecule has 0 aliphatic rings. The Morgan fingerprint density at radius 2 is 1.73 bits per heavy atom. The molecule has 0 aliphatic heterocycles. The van der Waals surface area contributed by atoms with Crippen LogP contribution in [0.1, 0.15) is 30.0 Å². The highest BCUT2D eigenvalue weighted by Crippen LogP contribution is 2.16. The molecule has 1 N–H and O–H groups in total. The summed E-state index contributed by atoms with van der Waals surface area (Å²) in [4.78, 5) is 25.7. The second kappa shape index (κ2) is 9.13.